The minimum Gasteiger partial charge on any atom is -0.486 e. The van der Waals surface area contributed by atoms with Crippen LogP contribution in [0.15, 0.2) is 42.5 Å². The van der Waals surface area contributed by atoms with Crippen LogP contribution < -0.4 is 10.1 Å². The van der Waals surface area contributed by atoms with Crippen LogP contribution in [0.5, 0.6) is 5.75 Å². The summed E-state index contributed by atoms with van der Waals surface area (Å²) in [6.45, 7) is 0.195. The molecule has 0 fully saturated rings. The molecule has 0 spiro atoms. The van der Waals surface area contributed by atoms with Gasteiger partial charge < -0.3 is 9.47 Å². The molecule has 128 valence electrons. The Bertz CT molecular complexity index is 907. The fourth-order valence-corrected chi connectivity index (χ4v) is 3.03. The fourth-order valence-electron chi connectivity index (χ4n) is 2.15. The Morgan fingerprint density at radius 1 is 1.32 bits per heavy atom. The van der Waals surface area contributed by atoms with E-state index in [0.29, 0.717) is 5.75 Å². The molecular weight excluding hydrogens is 346 g/mol. The van der Waals surface area contributed by atoms with Crippen LogP contribution in [0, 0.1) is 10.1 Å². The summed E-state index contributed by atoms with van der Waals surface area (Å²) in [4.78, 5) is 26.3. The maximum absolute atomic E-state index is 11.2. The van der Waals surface area contributed by atoms with E-state index in [1.54, 1.807) is 0 Å². The molecule has 0 aliphatic carbocycles. The van der Waals surface area contributed by atoms with Crippen molar-refractivity contribution in [3.05, 3.63) is 57.6 Å². The molecule has 0 bridgehead atoms. The van der Waals surface area contributed by atoms with Crippen molar-refractivity contribution in [3.63, 3.8) is 0 Å². The van der Waals surface area contributed by atoms with Crippen LogP contribution in [0.1, 0.15) is 5.01 Å². The second kappa shape index (κ2) is 7.14. The van der Waals surface area contributed by atoms with Crippen LogP contribution in [0.25, 0.3) is 10.2 Å². The lowest BCUT2D eigenvalue weighted by atomic mass is 10.2. The number of amides is 1. The van der Waals surface area contributed by atoms with E-state index in [1.807, 2.05) is 24.3 Å². The Morgan fingerprint density at radius 3 is 2.84 bits per heavy atom. The zero-order chi connectivity index (χ0) is 17.8. The number of carbonyl (C=O) groups excluding carboxylic acids is 1. The highest BCUT2D eigenvalue weighted by Gasteiger charge is 2.17. The van der Waals surface area contributed by atoms with Crippen molar-refractivity contribution in [2.75, 3.05) is 12.4 Å². The number of hydrogen-bond donors (Lipinski definition) is 1. The lowest BCUT2D eigenvalue weighted by Crippen LogP contribution is -2.12. The molecule has 0 radical (unpaired) electrons. The number of thiazole rings is 1. The maximum Gasteiger partial charge on any atom is 0.411 e. The van der Waals surface area contributed by atoms with Gasteiger partial charge in [-0.15, -0.1) is 11.3 Å². The van der Waals surface area contributed by atoms with Crippen LogP contribution in [-0.4, -0.2) is 23.1 Å². The number of para-hydroxylation sites is 1. The molecule has 3 aromatic rings. The van der Waals surface area contributed by atoms with Gasteiger partial charge in [0.15, 0.2) is 0 Å². The number of anilines is 1. The zero-order valence-corrected chi connectivity index (χ0v) is 13.9. The van der Waals surface area contributed by atoms with Crippen LogP contribution in [0.3, 0.4) is 0 Å². The average Bonchev–Trinajstić information content (AvgIpc) is 3.03. The standard InChI is InChI=1S/C16H13N3O5S/c1-23-16(20)18-11-7-6-10(8-13(11)19(21)22)24-9-15-17-12-4-2-3-5-14(12)25-15/h2-8H,9H2,1H3,(H,18,20). The van der Waals surface area contributed by atoms with Gasteiger partial charge in [0, 0.05) is 0 Å². The van der Waals surface area contributed by atoms with Crippen LogP contribution in [-0.2, 0) is 11.3 Å². The number of benzene rings is 2. The van der Waals surface area contributed by atoms with Crippen LogP contribution in [0.2, 0.25) is 0 Å². The molecule has 1 heterocycles. The lowest BCUT2D eigenvalue weighted by Gasteiger charge is -2.08. The van der Waals surface area contributed by atoms with E-state index in [2.05, 4.69) is 15.0 Å². The first kappa shape index (κ1) is 16.7. The van der Waals surface area contributed by atoms with Gasteiger partial charge in [0.05, 0.1) is 28.3 Å². The number of aromatic nitrogens is 1. The molecule has 2 aromatic carbocycles. The molecule has 1 aromatic heterocycles. The topological polar surface area (TPSA) is 104 Å². The average molecular weight is 359 g/mol. The minimum absolute atomic E-state index is 0.0317. The van der Waals surface area contributed by atoms with Crippen molar-refractivity contribution in [1.82, 2.24) is 4.98 Å². The number of fused-ring (bicyclic) bond motifs is 1. The molecule has 8 nitrogen and oxygen atoms in total. The second-order valence-electron chi connectivity index (χ2n) is 4.92. The Kier molecular flexibility index (Phi) is 4.75. The molecule has 0 atom stereocenters. The van der Waals surface area contributed by atoms with Gasteiger partial charge in [-0.3, -0.25) is 15.4 Å². The smallest absolute Gasteiger partial charge is 0.411 e. The van der Waals surface area contributed by atoms with E-state index in [4.69, 9.17) is 4.74 Å². The number of hydrogen-bond acceptors (Lipinski definition) is 7. The highest BCUT2D eigenvalue weighted by atomic mass is 32.1. The molecule has 0 saturated carbocycles. The molecule has 1 amide bonds. The summed E-state index contributed by atoms with van der Waals surface area (Å²) in [6, 6.07) is 11.9. The second-order valence-corrected chi connectivity index (χ2v) is 6.03. The van der Waals surface area contributed by atoms with Gasteiger partial charge in [-0.1, -0.05) is 12.1 Å². The minimum atomic E-state index is -0.786. The number of nitro groups is 1. The molecule has 0 aliphatic heterocycles. The van der Waals surface area contributed by atoms with Crippen LogP contribution in [0.4, 0.5) is 16.2 Å². The van der Waals surface area contributed by atoms with Crippen molar-refractivity contribution in [2.45, 2.75) is 6.61 Å². The summed E-state index contributed by atoms with van der Waals surface area (Å²) in [5, 5.41) is 14.2. The molecule has 25 heavy (non-hydrogen) atoms. The van der Waals surface area contributed by atoms with E-state index in [1.165, 1.54) is 36.6 Å². The molecule has 9 heteroatoms. The highest BCUT2D eigenvalue weighted by Crippen LogP contribution is 2.30. The van der Waals surface area contributed by atoms with Crippen molar-refractivity contribution in [1.29, 1.82) is 0 Å². The Labute approximate surface area is 146 Å². The summed E-state index contributed by atoms with van der Waals surface area (Å²) in [7, 11) is 1.18. The number of ether oxygens (including phenoxy) is 2. The quantitative estimate of drug-likeness (QED) is 0.546. The summed E-state index contributed by atoms with van der Waals surface area (Å²) < 4.78 is 11.1. The zero-order valence-electron chi connectivity index (χ0n) is 13.1. The van der Waals surface area contributed by atoms with Crippen molar-refractivity contribution in [3.8, 4) is 5.75 Å². The van der Waals surface area contributed by atoms with Crippen molar-refractivity contribution < 1.29 is 19.2 Å². The molecule has 0 unspecified atom stereocenters. The number of nitrogens with zero attached hydrogens (tertiary/aromatic N) is 2. The van der Waals surface area contributed by atoms with E-state index < -0.39 is 11.0 Å². The Morgan fingerprint density at radius 2 is 2.12 bits per heavy atom. The van der Waals surface area contributed by atoms with Gasteiger partial charge in [0.1, 0.15) is 23.1 Å². The predicted molar refractivity (Wildman–Crippen MR) is 93.1 cm³/mol. The fraction of sp³-hybridized carbons (Fsp3) is 0.125. The molecule has 0 aliphatic rings. The number of methoxy groups -OCH3 is 1. The number of nitro benzene ring substituents is 1. The first-order chi connectivity index (χ1) is 12.1. The first-order valence-electron chi connectivity index (χ1n) is 7.17. The summed E-state index contributed by atoms with van der Waals surface area (Å²) in [6.07, 6.45) is -0.786. The number of rotatable bonds is 5. The largest absolute Gasteiger partial charge is 0.486 e. The Balaban J connectivity index is 1.76. The maximum atomic E-state index is 11.2. The van der Waals surface area contributed by atoms with Gasteiger partial charge in [-0.05, 0) is 24.3 Å². The molecule has 3 rings (SSSR count). The van der Waals surface area contributed by atoms with Gasteiger partial charge in [0.25, 0.3) is 5.69 Å². The number of nitrogens with one attached hydrogen (secondary N) is 1. The normalized spacial score (nSPS) is 10.4. The Hall–Kier alpha value is -3.20. The highest BCUT2D eigenvalue weighted by molar-refractivity contribution is 7.18. The van der Waals surface area contributed by atoms with E-state index >= 15 is 0 Å². The summed E-state index contributed by atoms with van der Waals surface area (Å²) >= 11 is 1.50. The SMILES string of the molecule is COC(=O)Nc1ccc(OCc2nc3ccccc3s2)cc1[N+](=O)[O-]. The number of carbonyl (C=O) groups is 1. The van der Waals surface area contributed by atoms with Crippen LogP contribution >= 0.6 is 11.3 Å². The lowest BCUT2D eigenvalue weighted by molar-refractivity contribution is -0.384. The third kappa shape index (κ3) is 3.83. The molecular formula is C16H13N3O5S. The molecule has 0 saturated heterocycles. The third-order valence-corrected chi connectivity index (χ3v) is 4.30. The predicted octanol–water partition coefficient (Wildman–Crippen LogP) is 3.96. The van der Waals surface area contributed by atoms with E-state index in [9.17, 15) is 14.9 Å². The third-order valence-electron chi connectivity index (χ3n) is 3.29. The van der Waals surface area contributed by atoms with E-state index in [-0.39, 0.29) is 18.0 Å². The van der Waals surface area contributed by atoms with Gasteiger partial charge in [0.2, 0.25) is 0 Å². The first-order valence-corrected chi connectivity index (χ1v) is 7.99. The molecule has 1 N–H and O–H groups in total. The summed E-state index contributed by atoms with van der Waals surface area (Å²) in [5.74, 6) is 0.307. The monoisotopic (exact) mass is 359 g/mol. The summed E-state index contributed by atoms with van der Waals surface area (Å²) in [5.41, 5.74) is 0.631. The van der Waals surface area contributed by atoms with Crippen molar-refractivity contribution in [2.24, 2.45) is 0 Å². The van der Waals surface area contributed by atoms with Gasteiger partial charge in [-0.25, -0.2) is 9.78 Å². The van der Waals surface area contributed by atoms with Gasteiger partial charge in [-0.2, -0.15) is 0 Å². The van der Waals surface area contributed by atoms with Crippen molar-refractivity contribution >= 4 is 39.0 Å². The van der Waals surface area contributed by atoms with E-state index in [0.717, 1.165) is 15.2 Å². The van der Waals surface area contributed by atoms with Gasteiger partial charge >= 0.3 is 6.09 Å².